The fourth-order valence-corrected chi connectivity index (χ4v) is 2.95. The van der Waals surface area contributed by atoms with Gasteiger partial charge in [-0.3, -0.25) is 0 Å². The number of fused-ring (bicyclic) bond motifs is 1. The molecule has 0 amide bonds. The van der Waals surface area contributed by atoms with Crippen LogP contribution in [-0.4, -0.2) is 32.5 Å². The second-order valence-electron chi connectivity index (χ2n) is 5.66. The number of benzene rings is 2. The molecule has 0 spiro atoms. The molecule has 3 aromatic rings. The molecule has 0 aliphatic rings. The number of rotatable bonds is 6. The first-order valence-electron chi connectivity index (χ1n) is 7.74. The molecule has 0 aliphatic carbocycles. The van der Waals surface area contributed by atoms with Gasteiger partial charge in [-0.1, -0.05) is 12.1 Å². The predicted molar refractivity (Wildman–Crippen MR) is 101 cm³/mol. The van der Waals surface area contributed by atoms with Gasteiger partial charge in [0.15, 0.2) is 0 Å². The summed E-state index contributed by atoms with van der Waals surface area (Å²) < 4.78 is 8.62. The Morgan fingerprint density at radius 2 is 1.83 bits per heavy atom. The van der Waals surface area contributed by atoms with Gasteiger partial charge in [0, 0.05) is 3.57 Å². The zero-order chi connectivity index (χ0) is 17.1. The number of para-hydroxylation sites is 2. The monoisotopic (exact) mass is 438 g/mol. The molecule has 6 heteroatoms. The zero-order valence-corrected chi connectivity index (χ0v) is 15.4. The molecule has 24 heavy (non-hydrogen) atoms. The molecule has 0 saturated heterocycles. The summed E-state index contributed by atoms with van der Waals surface area (Å²) in [5, 5.41) is 20.3. The minimum absolute atomic E-state index is 0.173. The maximum atomic E-state index is 10.3. The highest BCUT2D eigenvalue weighted by Gasteiger charge is 2.17. The summed E-state index contributed by atoms with van der Waals surface area (Å²) in [7, 11) is 0. The molecule has 1 heterocycles. The molecule has 3 rings (SSSR count). The smallest absolute Gasteiger partial charge is 0.138 e. The van der Waals surface area contributed by atoms with E-state index < -0.39 is 12.2 Å². The summed E-state index contributed by atoms with van der Waals surface area (Å²) in [4.78, 5) is 4.45. The fraction of sp³-hybridized carbons (Fsp3) is 0.278. The summed E-state index contributed by atoms with van der Waals surface area (Å²) >= 11 is 2.23. The second-order valence-corrected chi connectivity index (χ2v) is 6.91. The van der Waals surface area contributed by atoms with Crippen molar-refractivity contribution in [2.24, 2.45) is 0 Å². The van der Waals surface area contributed by atoms with Gasteiger partial charge in [-0.25, -0.2) is 4.98 Å². The van der Waals surface area contributed by atoms with Gasteiger partial charge in [0.05, 0.1) is 17.6 Å². The van der Waals surface area contributed by atoms with Crippen LogP contribution in [0, 0.1) is 3.57 Å². The minimum atomic E-state index is -0.709. The van der Waals surface area contributed by atoms with Crippen molar-refractivity contribution in [1.29, 1.82) is 0 Å². The van der Waals surface area contributed by atoms with Gasteiger partial charge in [-0.05, 0) is 65.9 Å². The lowest BCUT2D eigenvalue weighted by atomic mass is 10.3. The Bertz CT molecular complexity index is 815. The first kappa shape index (κ1) is 17.2. The number of aliphatic hydroxyl groups excluding tert-OH is 2. The van der Waals surface area contributed by atoms with E-state index in [9.17, 15) is 10.2 Å². The quantitative estimate of drug-likeness (QED) is 0.581. The third-order valence-electron chi connectivity index (χ3n) is 3.71. The van der Waals surface area contributed by atoms with E-state index in [1.54, 1.807) is 6.92 Å². The summed E-state index contributed by atoms with van der Waals surface area (Å²) in [6, 6.07) is 15.3. The highest BCUT2D eigenvalue weighted by Crippen LogP contribution is 2.21. The summed E-state index contributed by atoms with van der Waals surface area (Å²) in [5.41, 5.74) is 1.70. The maximum Gasteiger partial charge on any atom is 0.138 e. The average Bonchev–Trinajstić information content (AvgIpc) is 2.93. The van der Waals surface area contributed by atoms with Crippen LogP contribution >= 0.6 is 22.6 Å². The topological polar surface area (TPSA) is 67.5 Å². The predicted octanol–water partition coefficient (Wildman–Crippen LogP) is 3.13. The van der Waals surface area contributed by atoms with E-state index in [1.165, 1.54) is 0 Å². The minimum Gasteiger partial charge on any atom is -0.491 e. The van der Waals surface area contributed by atoms with Crippen LogP contribution < -0.4 is 4.74 Å². The molecule has 5 nitrogen and oxygen atoms in total. The Morgan fingerprint density at radius 1 is 1.12 bits per heavy atom. The standard InChI is InChI=1S/C18H19IN2O3/c1-12(22)18-20-16-4-2-3-5-17(16)21(18)10-14(23)11-24-15-8-6-13(19)7-9-15/h2-9,12,14,22-23H,10-11H2,1H3/t12-,14-/m1/s1. The van der Waals surface area contributed by atoms with Gasteiger partial charge in [0.1, 0.15) is 30.4 Å². The summed E-state index contributed by atoms with van der Waals surface area (Å²) in [5.74, 6) is 1.27. The number of hydrogen-bond acceptors (Lipinski definition) is 4. The fourth-order valence-electron chi connectivity index (χ4n) is 2.59. The number of aliphatic hydroxyl groups is 2. The van der Waals surface area contributed by atoms with Crippen molar-refractivity contribution < 1.29 is 14.9 Å². The lowest BCUT2D eigenvalue weighted by molar-refractivity contribution is 0.0895. The van der Waals surface area contributed by atoms with E-state index in [4.69, 9.17) is 4.74 Å². The van der Waals surface area contributed by atoms with Crippen molar-refractivity contribution in [2.45, 2.75) is 25.7 Å². The van der Waals surface area contributed by atoms with Gasteiger partial charge in [-0.2, -0.15) is 0 Å². The van der Waals surface area contributed by atoms with Gasteiger partial charge < -0.3 is 19.5 Å². The molecule has 1 aromatic heterocycles. The maximum absolute atomic E-state index is 10.3. The number of imidazole rings is 1. The largest absolute Gasteiger partial charge is 0.491 e. The third-order valence-corrected chi connectivity index (χ3v) is 4.43. The molecular formula is C18H19IN2O3. The molecule has 2 atom stereocenters. The van der Waals surface area contributed by atoms with Crippen LogP contribution in [0.2, 0.25) is 0 Å². The highest BCUT2D eigenvalue weighted by atomic mass is 127. The molecule has 2 N–H and O–H groups in total. The van der Waals surface area contributed by atoms with E-state index in [1.807, 2.05) is 53.1 Å². The van der Waals surface area contributed by atoms with Crippen molar-refractivity contribution in [3.8, 4) is 5.75 Å². The van der Waals surface area contributed by atoms with Crippen molar-refractivity contribution in [3.05, 3.63) is 57.9 Å². The molecular weight excluding hydrogens is 419 g/mol. The van der Waals surface area contributed by atoms with Crippen LogP contribution in [0.4, 0.5) is 0 Å². The summed E-state index contributed by atoms with van der Waals surface area (Å²) in [6.07, 6.45) is -1.42. The highest BCUT2D eigenvalue weighted by molar-refractivity contribution is 14.1. The van der Waals surface area contributed by atoms with Crippen molar-refractivity contribution in [3.63, 3.8) is 0 Å². The molecule has 0 unspecified atom stereocenters. The normalized spacial score (nSPS) is 13.8. The third kappa shape index (κ3) is 3.88. The summed E-state index contributed by atoms with van der Waals surface area (Å²) in [6.45, 7) is 2.16. The lowest BCUT2D eigenvalue weighted by Crippen LogP contribution is -2.25. The number of hydrogen-bond donors (Lipinski definition) is 2. The molecule has 126 valence electrons. The number of nitrogens with zero attached hydrogens (tertiary/aromatic N) is 2. The molecule has 0 bridgehead atoms. The van der Waals surface area contributed by atoms with Crippen LogP contribution in [0.25, 0.3) is 11.0 Å². The lowest BCUT2D eigenvalue weighted by Gasteiger charge is -2.16. The van der Waals surface area contributed by atoms with Gasteiger partial charge >= 0.3 is 0 Å². The van der Waals surface area contributed by atoms with Gasteiger partial charge in [0.2, 0.25) is 0 Å². The van der Waals surface area contributed by atoms with Crippen LogP contribution in [0.1, 0.15) is 18.9 Å². The van der Waals surface area contributed by atoms with Crippen LogP contribution in [0.15, 0.2) is 48.5 Å². The van der Waals surface area contributed by atoms with Crippen LogP contribution in [-0.2, 0) is 6.54 Å². The van der Waals surface area contributed by atoms with E-state index in [-0.39, 0.29) is 6.61 Å². The van der Waals surface area contributed by atoms with Gasteiger partial charge in [0.25, 0.3) is 0 Å². The zero-order valence-electron chi connectivity index (χ0n) is 13.3. The SMILES string of the molecule is C[C@@H](O)c1nc2ccccc2n1C[C@@H](O)COc1ccc(I)cc1. The van der Waals surface area contributed by atoms with Crippen molar-refractivity contribution >= 4 is 33.6 Å². The molecule has 0 aliphatic heterocycles. The Labute approximate surface area is 154 Å². The van der Waals surface area contributed by atoms with Gasteiger partial charge in [-0.15, -0.1) is 0 Å². The Balaban J connectivity index is 1.73. The van der Waals surface area contributed by atoms with Crippen molar-refractivity contribution in [2.75, 3.05) is 6.61 Å². The van der Waals surface area contributed by atoms with E-state index >= 15 is 0 Å². The average molecular weight is 438 g/mol. The first-order chi connectivity index (χ1) is 11.5. The van der Waals surface area contributed by atoms with Crippen molar-refractivity contribution in [1.82, 2.24) is 9.55 Å². The molecule has 0 saturated carbocycles. The first-order valence-corrected chi connectivity index (χ1v) is 8.82. The van der Waals surface area contributed by atoms with Crippen LogP contribution in [0.5, 0.6) is 5.75 Å². The van der Waals surface area contributed by atoms with E-state index in [0.717, 1.165) is 20.4 Å². The number of ether oxygens (including phenoxy) is 1. The molecule has 0 radical (unpaired) electrons. The van der Waals surface area contributed by atoms with E-state index in [0.29, 0.717) is 12.4 Å². The van der Waals surface area contributed by atoms with Crippen LogP contribution in [0.3, 0.4) is 0 Å². The Morgan fingerprint density at radius 3 is 2.54 bits per heavy atom. The number of halogens is 1. The number of aromatic nitrogens is 2. The molecule has 2 aromatic carbocycles. The second kappa shape index (κ2) is 7.50. The van der Waals surface area contributed by atoms with E-state index in [2.05, 4.69) is 27.6 Å². The molecule has 0 fully saturated rings. The Hall–Kier alpha value is -1.64. The Kier molecular flexibility index (Phi) is 5.37.